The van der Waals surface area contributed by atoms with Gasteiger partial charge >= 0.3 is 0 Å². The van der Waals surface area contributed by atoms with Crippen molar-refractivity contribution >= 4 is 27.7 Å². The predicted molar refractivity (Wildman–Crippen MR) is 143 cm³/mol. The summed E-state index contributed by atoms with van der Waals surface area (Å²) in [7, 11) is 1.60. The molecule has 0 unspecified atom stereocenters. The Hall–Kier alpha value is -3.12. The number of likely N-dealkylation sites (N-methyl/N-ethyl adjacent to an activating group) is 1. The van der Waals surface area contributed by atoms with Crippen LogP contribution in [0.3, 0.4) is 0 Å². The molecule has 3 rings (SSSR count). The quantitative estimate of drug-likeness (QED) is 0.392. The number of amides is 2. The van der Waals surface area contributed by atoms with Crippen LogP contribution in [0.15, 0.2) is 83.3 Å². The van der Waals surface area contributed by atoms with E-state index in [0.29, 0.717) is 18.7 Å². The van der Waals surface area contributed by atoms with E-state index in [9.17, 15) is 9.59 Å². The van der Waals surface area contributed by atoms with Crippen molar-refractivity contribution in [1.82, 2.24) is 10.2 Å². The monoisotopic (exact) mass is 536 g/mol. The van der Waals surface area contributed by atoms with Crippen molar-refractivity contribution in [3.8, 4) is 5.75 Å². The highest BCUT2D eigenvalue weighted by molar-refractivity contribution is 9.10. The maximum atomic E-state index is 13.6. The van der Waals surface area contributed by atoms with Gasteiger partial charge in [0.05, 0.1) is 0 Å². The van der Waals surface area contributed by atoms with E-state index >= 15 is 0 Å². The summed E-state index contributed by atoms with van der Waals surface area (Å²) in [5, 5.41) is 2.74. The van der Waals surface area contributed by atoms with Crippen LogP contribution in [0.5, 0.6) is 5.75 Å². The van der Waals surface area contributed by atoms with Gasteiger partial charge in [0.1, 0.15) is 11.8 Å². The van der Waals surface area contributed by atoms with Gasteiger partial charge in [-0.05, 0) is 40.3 Å². The largest absolute Gasteiger partial charge is 0.483 e. The fourth-order valence-corrected chi connectivity index (χ4v) is 4.21. The number of carbonyl (C=O) groups excluding carboxylic acids is 2. The highest BCUT2D eigenvalue weighted by Gasteiger charge is 2.30. The van der Waals surface area contributed by atoms with Crippen LogP contribution in [0.2, 0.25) is 0 Å². The summed E-state index contributed by atoms with van der Waals surface area (Å²) in [6.45, 7) is 6.46. The Labute approximate surface area is 216 Å². The standard InChI is InChI=1S/C29H33BrN2O3/c1-29(2,3)24-12-8-9-13-26(24)35-20-27(33)32(19-22-14-16-23(30)17-15-22)25(28(34)31-4)18-21-10-6-5-7-11-21/h5-17,25H,18-20H2,1-4H3,(H,31,34)/t25-/m0/s1. The van der Waals surface area contributed by atoms with Crippen molar-refractivity contribution in [3.05, 3.63) is 100 Å². The molecule has 3 aromatic rings. The molecular weight excluding hydrogens is 504 g/mol. The highest BCUT2D eigenvalue weighted by atomic mass is 79.9. The lowest BCUT2D eigenvalue weighted by Gasteiger charge is -2.31. The first-order valence-corrected chi connectivity index (χ1v) is 12.5. The lowest BCUT2D eigenvalue weighted by atomic mass is 9.86. The summed E-state index contributed by atoms with van der Waals surface area (Å²) in [6.07, 6.45) is 0.404. The smallest absolute Gasteiger partial charge is 0.261 e. The number of ether oxygens (including phenoxy) is 1. The molecular formula is C29H33BrN2O3. The summed E-state index contributed by atoms with van der Waals surface area (Å²) in [5.41, 5.74) is 2.81. The fraction of sp³-hybridized carbons (Fsp3) is 0.310. The number of halogens is 1. The summed E-state index contributed by atoms with van der Waals surface area (Å²) in [4.78, 5) is 28.2. The van der Waals surface area contributed by atoms with Gasteiger partial charge in [0.25, 0.3) is 5.91 Å². The van der Waals surface area contributed by atoms with Gasteiger partial charge in [-0.15, -0.1) is 0 Å². The molecule has 1 atom stereocenters. The SMILES string of the molecule is CNC(=O)[C@H](Cc1ccccc1)N(Cc1ccc(Br)cc1)C(=O)COc1ccccc1C(C)(C)C. The average Bonchev–Trinajstić information content (AvgIpc) is 2.85. The molecule has 0 aliphatic rings. The van der Waals surface area contributed by atoms with Gasteiger partial charge in [-0.3, -0.25) is 9.59 Å². The Bertz CT molecular complexity index is 1120. The third kappa shape index (κ3) is 7.43. The van der Waals surface area contributed by atoms with Crippen molar-refractivity contribution in [3.63, 3.8) is 0 Å². The number of benzene rings is 3. The van der Waals surface area contributed by atoms with E-state index in [4.69, 9.17) is 4.74 Å². The molecule has 0 bridgehead atoms. The van der Waals surface area contributed by atoms with Crippen LogP contribution in [0.1, 0.15) is 37.5 Å². The van der Waals surface area contributed by atoms with E-state index in [0.717, 1.165) is 21.2 Å². The van der Waals surface area contributed by atoms with Crippen LogP contribution >= 0.6 is 15.9 Å². The second kappa shape index (κ2) is 12.0. The lowest BCUT2D eigenvalue weighted by molar-refractivity contribution is -0.142. The van der Waals surface area contributed by atoms with E-state index in [1.54, 1.807) is 11.9 Å². The average molecular weight is 537 g/mol. The van der Waals surface area contributed by atoms with Gasteiger partial charge in [-0.1, -0.05) is 97.4 Å². The minimum Gasteiger partial charge on any atom is -0.483 e. The van der Waals surface area contributed by atoms with Gasteiger partial charge in [0.2, 0.25) is 5.91 Å². The molecule has 5 nitrogen and oxygen atoms in total. The van der Waals surface area contributed by atoms with Crippen molar-refractivity contribution in [2.75, 3.05) is 13.7 Å². The molecule has 0 aromatic heterocycles. The molecule has 0 aliphatic heterocycles. The first-order chi connectivity index (χ1) is 16.7. The molecule has 0 fully saturated rings. The molecule has 1 N–H and O–H groups in total. The van der Waals surface area contributed by atoms with Crippen LogP contribution in [0, 0.1) is 0 Å². The Morgan fingerprint density at radius 3 is 2.17 bits per heavy atom. The van der Waals surface area contributed by atoms with E-state index in [1.807, 2.05) is 78.9 Å². The third-order valence-electron chi connectivity index (χ3n) is 5.83. The van der Waals surface area contributed by atoms with E-state index < -0.39 is 6.04 Å². The number of hydrogen-bond donors (Lipinski definition) is 1. The molecule has 0 spiro atoms. The van der Waals surface area contributed by atoms with Crippen molar-refractivity contribution < 1.29 is 14.3 Å². The number of rotatable bonds is 9. The summed E-state index contributed by atoms with van der Waals surface area (Å²) >= 11 is 3.46. The molecule has 0 radical (unpaired) electrons. The van der Waals surface area contributed by atoms with Gasteiger partial charge in [-0.25, -0.2) is 0 Å². The molecule has 0 heterocycles. The maximum absolute atomic E-state index is 13.6. The summed E-state index contributed by atoms with van der Waals surface area (Å²) in [5.74, 6) is 0.215. The van der Waals surface area contributed by atoms with Gasteiger partial charge < -0.3 is 15.0 Å². The number of carbonyl (C=O) groups is 2. The first-order valence-electron chi connectivity index (χ1n) is 11.7. The molecule has 0 saturated carbocycles. The molecule has 35 heavy (non-hydrogen) atoms. The molecule has 0 aliphatic carbocycles. The fourth-order valence-electron chi connectivity index (χ4n) is 3.94. The zero-order chi connectivity index (χ0) is 25.4. The Morgan fingerprint density at radius 1 is 0.914 bits per heavy atom. The number of para-hydroxylation sites is 1. The predicted octanol–water partition coefficient (Wildman–Crippen LogP) is 5.51. The minimum absolute atomic E-state index is 0.130. The van der Waals surface area contributed by atoms with E-state index in [-0.39, 0.29) is 23.8 Å². The van der Waals surface area contributed by atoms with Crippen molar-refractivity contribution in [1.29, 1.82) is 0 Å². The summed E-state index contributed by atoms with van der Waals surface area (Å²) in [6, 6.07) is 24.6. The minimum atomic E-state index is -0.681. The molecule has 184 valence electrons. The van der Waals surface area contributed by atoms with E-state index in [1.165, 1.54) is 0 Å². The van der Waals surface area contributed by atoms with E-state index in [2.05, 4.69) is 42.0 Å². The van der Waals surface area contributed by atoms with Crippen LogP contribution in [0.4, 0.5) is 0 Å². The lowest BCUT2D eigenvalue weighted by Crippen LogP contribution is -2.51. The second-order valence-electron chi connectivity index (χ2n) is 9.50. The maximum Gasteiger partial charge on any atom is 0.261 e. The van der Waals surface area contributed by atoms with Crippen LogP contribution in [-0.4, -0.2) is 36.4 Å². The first kappa shape index (κ1) is 26.5. The van der Waals surface area contributed by atoms with Crippen LogP contribution in [-0.2, 0) is 28.0 Å². The third-order valence-corrected chi connectivity index (χ3v) is 6.36. The van der Waals surface area contributed by atoms with Gasteiger partial charge in [0.15, 0.2) is 6.61 Å². The topological polar surface area (TPSA) is 58.6 Å². The number of hydrogen-bond acceptors (Lipinski definition) is 3. The highest BCUT2D eigenvalue weighted by Crippen LogP contribution is 2.31. The molecule has 6 heteroatoms. The Balaban J connectivity index is 1.90. The van der Waals surface area contributed by atoms with Crippen molar-refractivity contribution in [2.45, 2.75) is 45.2 Å². The zero-order valence-electron chi connectivity index (χ0n) is 20.8. The Morgan fingerprint density at radius 2 is 1.54 bits per heavy atom. The molecule has 3 aromatic carbocycles. The van der Waals surface area contributed by atoms with Gasteiger partial charge in [0, 0.05) is 24.5 Å². The summed E-state index contributed by atoms with van der Waals surface area (Å²) < 4.78 is 7.00. The number of nitrogens with zero attached hydrogens (tertiary/aromatic N) is 1. The molecule has 2 amide bonds. The number of nitrogens with one attached hydrogen (secondary N) is 1. The molecule has 0 saturated heterocycles. The van der Waals surface area contributed by atoms with Crippen LogP contribution in [0.25, 0.3) is 0 Å². The Kier molecular flexibility index (Phi) is 9.10. The second-order valence-corrected chi connectivity index (χ2v) is 10.4. The van der Waals surface area contributed by atoms with Crippen LogP contribution < -0.4 is 10.1 Å². The van der Waals surface area contributed by atoms with Gasteiger partial charge in [-0.2, -0.15) is 0 Å². The van der Waals surface area contributed by atoms with Crippen molar-refractivity contribution in [2.24, 2.45) is 0 Å². The normalized spacial score (nSPS) is 12.0. The zero-order valence-corrected chi connectivity index (χ0v) is 22.3.